The van der Waals surface area contributed by atoms with Crippen LogP contribution in [0.4, 0.5) is 5.88 Å². The molecule has 2 fully saturated rings. The fourth-order valence-corrected chi connectivity index (χ4v) is 3.59. The summed E-state index contributed by atoms with van der Waals surface area (Å²) >= 11 is 0. The molecule has 2 aliphatic rings. The number of furan rings is 1. The lowest BCUT2D eigenvalue weighted by Gasteiger charge is -2.23. The van der Waals surface area contributed by atoms with E-state index in [9.17, 15) is 14.9 Å². The first-order chi connectivity index (χ1) is 10.1. The van der Waals surface area contributed by atoms with Gasteiger partial charge in [-0.05, 0) is 43.7 Å². The molecular formula is C15H20N2O4. The van der Waals surface area contributed by atoms with E-state index in [-0.39, 0.29) is 17.4 Å². The van der Waals surface area contributed by atoms with Crippen LogP contribution < -0.4 is 0 Å². The molecule has 3 rings (SSSR count). The number of hydrogen-bond acceptors (Lipinski definition) is 5. The summed E-state index contributed by atoms with van der Waals surface area (Å²) in [6.45, 7) is 2.87. The molecule has 0 radical (unpaired) electrons. The Hall–Kier alpha value is -1.69. The van der Waals surface area contributed by atoms with Crippen molar-refractivity contribution in [3.8, 4) is 0 Å². The van der Waals surface area contributed by atoms with Crippen LogP contribution in [-0.2, 0) is 0 Å². The van der Waals surface area contributed by atoms with Gasteiger partial charge in [0, 0.05) is 19.5 Å². The normalized spacial score (nSPS) is 25.7. The van der Waals surface area contributed by atoms with E-state index in [1.165, 1.54) is 37.8 Å². The van der Waals surface area contributed by atoms with Gasteiger partial charge >= 0.3 is 5.88 Å². The molecule has 0 unspecified atom stereocenters. The van der Waals surface area contributed by atoms with Crippen LogP contribution in [-0.4, -0.2) is 35.2 Å². The number of hydrogen-bond donors (Lipinski definition) is 0. The number of Topliss-reactive ketones (excluding diaryl/α,β-unsaturated/α-hetero) is 1. The molecule has 0 aromatic carbocycles. The first-order valence-electron chi connectivity index (χ1n) is 7.61. The van der Waals surface area contributed by atoms with Crippen molar-refractivity contribution in [3.63, 3.8) is 0 Å². The Morgan fingerprint density at radius 2 is 2.14 bits per heavy atom. The summed E-state index contributed by atoms with van der Waals surface area (Å²) in [5.74, 6) is 1.24. The Morgan fingerprint density at radius 3 is 2.90 bits per heavy atom. The van der Waals surface area contributed by atoms with Gasteiger partial charge in [-0.2, -0.15) is 0 Å². The second kappa shape index (κ2) is 5.97. The van der Waals surface area contributed by atoms with E-state index in [1.54, 1.807) is 0 Å². The maximum absolute atomic E-state index is 12.0. The Balaban J connectivity index is 1.52. The third-order valence-electron chi connectivity index (χ3n) is 4.72. The quantitative estimate of drug-likeness (QED) is 0.474. The predicted octanol–water partition coefficient (Wildman–Crippen LogP) is 2.88. The van der Waals surface area contributed by atoms with E-state index in [1.807, 2.05) is 0 Å². The van der Waals surface area contributed by atoms with Crippen molar-refractivity contribution in [1.29, 1.82) is 0 Å². The van der Waals surface area contributed by atoms with Gasteiger partial charge in [0.25, 0.3) is 0 Å². The van der Waals surface area contributed by atoms with Gasteiger partial charge in [-0.25, -0.2) is 0 Å². The molecule has 2 atom stereocenters. The Bertz CT molecular complexity index is 540. The van der Waals surface area contributed by atoms with Crippen molar-refractivity contribution in [1.82, 2.24) is 4.90 Å². The lowest BCUT2D eigenvalue weighted by Crippen LogP contribution is -2.31. The zero-order chi connectivity index (χ0) is 14.8. The minimum Gasteiger partial charge on any atom is -0.397 e. The molecule has 1 saturated heterocycles. The van der Waals surface area contributed by atoms with Gasteiger partial charge in [0.1, 0.15) is 4.92 Å². The minimum atomic E-state index is -0.623. The number of rotatable bonds is 5. The summed E-state index contributed by atoms with van der Waals surface area (Å²) in [7, 11) is 0. The molecule has 0 N–H and O–H groups in total. The maximum atomic E-state index is 12.0. The lowest BCUT2D eigenvalue weighted by atomic mass is 10.0. The third kappa shape index (κ3) is 3.32. The largest absolute Gasteiger partial charge is 0.433 e. The zero-order valence-corrected chi connectivity index (χ0v) is 12.0. The standard InChI is InChI=1S/C15H20N2O4/c18-13(14-3-4-15(21-14)17(19)20)6-8-16-7-5-11-1-2-12(9-11)10-16/h3-4,11-12H,1-2,5-10H2/t11-,12-/m0/s1. The van der Waals surface area contributed by atoms with E-state index < -0.39 is 4.92 Å². The Morgan fingerprint density at radius 1 is 1.33 bits per heavy atom. The number of nitro groups is 1. The zero-order valence-electron chi connectivity index (χ0n) is 12.0. The van der Waals surface area contributed by atoms with Gasteiger partial charge in [-0.3, -0.25) is 14.9 Å². The van der Waals surface area contributed by atoms with E-state index in [2.05, 4.69) is 4.90 Å². The van der Waals surface area contributed by atoms with E-state index in [0.29, 0.717) is 6.42 Å². The minimum absolute atomic E-state index is 0.0954. The van der Waals surface area contributed by atoms with Crippen molar-refractivity contribution in [2.75, 3.05) is 19.6 Å². The van der Waals surface area contributed by atoms with Crippen molar-refractivity contribution in [3.05, 3.63) is 28.0 Å². The van der Waals surface area contributed by atoms with Crippen LogP contribution in [0, 0.1) is 22.0 Å². The molecule has 6 heteroatoms. The lowest BCUT2D eigenvalue weighted by molar-refractivity contribution is -0.402. The molecular weight excluding hydrogens is 272 g/mol. The molecule has 2 bridgehead atoms. The molecule has 1 aromatic rings. The van der Waals surface area contributed by atoms with Gasteiger partial charge in [-0.15, -0.1) is 0 Å². The van der Waals surface area contributed by atoms with Crippen molar-refractivity contribution in [2.24, 2.45) is 11.8 Å². The molecule has 6 nitrogen and oxygen atoms in total. The molecule has 21 heavy (non-hydrogen) atoms. The predicted molar refractivity (Wildman–Crippen MR) is 76.2 cm³/mol. The maximum Gasteiger partial charge on any atom is 0.433 e. The molecule has 2 heterocycles. The van der Waals surface area contributed by atoms with Crippen molar-refractivity contribution < 1.29 is 14.1 Å². The number of carbonyl (C=O) groups excluding carboxylic acids is 1. The van der Waals surface area contributed by atoms with Gasteiger partial charge in [0.15, 0.2) is 11.5 Å². The summed E-state index contributed by atoms with van der Waals surface area (Å²) in [4.78, 5) is 24.3. The van der Waals surface area contributed by atoms with E-state index >= 15 is 0 Å². The first kappa shape index (κ1) is 14.3. The SMILES string of the molecule is O=C(CCN1CC[C@@H]2CC[C@@H](C2)C1)c1ccc([N+](=O)[O-])o1. The average molecular weight is 292 g/mol. The molecule has 114 valence electrons. The highest BCUT2D eigenvalue weighted by Gasteiger charge is 2.30. The molecule has 1 aliphatic carbocycles. The Kier molecular flexibility index (Phi) is 4.05. The number of nitrogens with zero attached hydrogens (tertiary/aromatic N) is 2. The molecule has 1 aliphatic heterocycles. The molecule has 0 spiro atoms. The molecule has 1 saturated carbocycles. The smallest absolute Gasteiger partial charge is 0.397 e. The van der Waals surface area contributed by atoms with Crippen LogP contribution >= 0.6 is 0 Å². The topological polar surface area (TPSA) is 76.6 Å². The fraction of sp³-hybridized carbons (Fsp3) is 0.667. The number of carbonyl (C=O) groups is 1. The second-order valence-corrected chi connectivity index (χ2v) is 6.20. The Labute approximate surface area is 123 Å². The van der Waals surface area contributed by atoms with Crippen molar-refractivity contribution >= 4 is 11.7 Å². The van der Waals surface area contributed by atoms with Gasteiger partial charge in [-0.1, -0.05) is 6.42 Å². The van der Waals surface area contributed by atoms with E-state index in [4.69, 9.17) is 4.42 Å². The van der Waals surface area contributed by atoms with Crippen LogP contribution in [0.3, 0.4) is 0 Å². The number of fused-ring (bicyclic) bond motifs is 2. The number of ketones is 1. The molecule has 0 amide bonds. The summed E-state index contributed by atoms with van der Waals surface area (Å²) in [6.07, 6.45) is 5.63. The summed E-state index contributed by atoms with van der Waals surface area (Å²) in [5.41, 5.74) is 0. The van der Waals surface area contributed by atoms with Gasteiger partial charge < -0.3 is 9.32 Å². The summed E-state index contributed by atoms with van der Waals surface area (Å²) in [5, 5.41) is 10.5. The highest BCUT2D eigenvalue weighted by molar-refractivity contribution is 5.93. The van der Waals surface area contributed by atoms with E-state index in [0.717, 1.165) is 31.5 Å². The average Bonchev–Trinajstić information content (AvgIpc) is 3.04. The van der Waals surface area contributed by atoms with Crippen LogP contribution in [0.1, 0.15) is 42.7 Å². The van der Waals surface area contributed by atoms with Crippen LogP contribution in [0.2, 0.25) is 0 Å². The summed E-state index contributed by atoms with van der Waals surface area (Å²) < 4.78 is 4.95. The highest BCUT2D eigenvalue weighted by atomic mass is 16.6. The first-order valence-corrected chi connectivity index (χ1v) is 7.61. The second-order valence-electron chi connectivity index (χ2n) is 6.20. The monoisotopic (exact) mass is 292 g/mol. The van der Waals surface area contributed by atoms with Crippen LogP contribution in [0.5, 0.6) is 0 Å². The fourth-order valence-electron chi connectivity index (χ4n) is 3.59. The van der Waals surface area contributed by atoms with Crippen molar-refractivity contribution in [2.45, 2.75) is 32.1 Å². The van der Waals surface area contributed by atoms with Gasteiger partial charge in [0.2, 0.25) is 0 Å². The summed E-state index contributed by atoms with van der Waals surface area (Å²) in [6, 6.07) is 2.63. The van der Waals surface area contributed by atoms with Crippen LogP contribution in [0.25, 0.3) is 0 Å². The van der Waals surface area contributed by atoms with Crippen LogP contribution in [0.15, 0.2) is 16.5 Å². The highest BCUT2D eigenvalue weighted by Crippen LogP contribution is 2.36. The third-order valence-corrected chi connectivity index (χ3v) is 4.72. The van der Waals surface area contributed by atoms with Gasteiger partial charge in [0.05, 0.1) is 6.07 Å². The molecule has 1 aromatic heterocycles. The number of likely N-dealkylation sites (tertiary alicyclic amines) is 1.